The average Bonchev–Trinajstić information content (AvgIpc) is 3.19. The van der Waals surface area contributed by atoms with Crippen LogP contribution in [0.3, 0.4) is 0 Å². The van der Waals surface area contributed by atoms with Gasteiger partial charge in [0.15, 0.2) is 0 Å². The highest BCUT2D eigenvalue weighted by Crippen LogP contribution is 2.32. The molecule has 0 aliphatic heterocycles. The first-order chi connectivity index (χ1) is 13.4. The lowest BCUT2D eigenvalue weighted by Gasteiger charge is -2.26. The third kappa shape index (κ3) is 4.59. The molecule has 8 heteroatoms. The van der Waals surface area contributed by atoms with Gasteiger partial charge in [0.05, 0.1) is 17.7 Å². The van der Waals surface area contributed by atoms with Gasteiger partial charge in [-0.15, -0.1) is 0 Å². The van der Waals surface area contributed by atoms with Crippen molar-refractivity contribution in [3.8, 4) is 5.75 Å². The van der Waals surface area contributed by atoms with Crippen LogP contribution in [0.5, 0.6) is 5.75 Å². The molecule has 1 aliphatic rings. The van der Waals surface area contributed by atoms with Crippen molar-refractivity contribution in [2.75, 3.05) is 18.0 Å². The number of benzene rings is 2. The van der Waals surface area contributed by atoms with Crippen molar-refractivity contribution < 1.29 is 17.9 Å². The molecule has 1 N–H and O–H groups in total. The molecule has 2 aromatic carbocycles. The Balaban J connectivity index is 1.97. The molecule has 150 valence electrons. The predicted octanol–water partition coefficient (Wildman–Crippen LogP) is 3.60. The van der Waals surface area contributed by atoms with Crippen LogP contribution < -0.4 is 14.4 Å². The van der Waals surface area contributed by atoms with Crippen molar-refractivity contribution >= 4 is 33.2 Å². The van der Waals surface area contributed by atoms with Gasteiger partial charge in [-0.1, -0.05) is 42.6 Å². The van der Waals surface area contributed by atoms with E-state index >= 15 is 0 Å². The summed E-state index contributed by atoms with van der Waals surface area (Å²) in [5.41, 5.74) is 0.298. The van der Waals surface area contributed by atoms with E-state index in [2.05, 4.69) is 5.32 Å². The third-order valence-corrected chi connectivity index (χ3v) is 6.74. The number of nitrogens with zero attached hydrogens (tertiary/aromatic N) is 1. The van der Waals surface area contributed by atoms with Crippen molar-refractivity contribution in [1.29, 1.82) is 0 Å². The van der Waals surface area contributed by atoms with Crippen molar-refractivity contribution in [1.82, 2.24) is 5.32 Å². The molecule has 2 aromatic rings. The molecule has 0 radical (unpaired) electrons. The first-order valence-corrected chi connectivity index (χ1v) is 10.9. The molecule has 6 nitrogen and oxygen atoms in total. The van der Waals surface area contributed by atoms with Crippen LogP contribution >= 0.6 is 11.6 Å². The highest BCUT2D eigenvalue weighted by Gasteiger charge is 2.30. The maximum Gasteiger partial charge on any atom is 0.264 e. The van der Waals surface area contributed by atoms with Gasteiger partial charge in [0.2, 0.25) is 5.91 Å². The topological polar surface area (TPSA) is 75.7 Å². The first kappa shape index (κ1) is 20.5. The standard InChI is InChI=1S/C20H23ClN2O4S/c1-27-19-12-5-4-11-18(19)23(14-20(24)22-16-8-2-3-9-16)28(25,26)17-10-6-7-15(21)13-17/h4-7,10-13,16H,2-3,8-9,14H2,1H3,(H,22,24). The van der Waals surface area contributed by atoms with E-state index in [0.29, 0.717) is 16.5 Å². The molecule has 1 saturated carbocycles. The Morgan fingerprint density at radius 3 is 2.57 bits per heavy atom. The number of methoxy groups -OCH3 is 1. The second-order valence-electron chi connectivity index (χ2n) is 6.69. The number of sulfonamides is 1. The van der Waals surface area contributed by atoms with Crippen molar-refractivity contribution in [2.24, 2.45) is 0 Å². The Labute approximate surface area is 170 Å². The normalized spacial score (nSPS) is 14.6. The van der Waals surface area contributed by atoms with E-state index in [4.69, 9.17) is 16.3 Å². The molecular weight excluding hydrogens is 400 g/mol. The van der Waals surface area contributed by atoms with Gasteiger partial charge in [-0.2, -0.15) is 0 Å². The van der Waals surface area contributed by atoms with Gasteiger partial charge in [-0.3, -0.25) is 9.10 Å². The lowest BCUT2D eigenvalue weighted by molar-refractivity contribution is -0.120. The van der Waals surface area contributed by atoms with E-state index in [0.717, 1.165) is 30.0 Å². The molecule has 0 bridgehead atoms. The van der Waals surface area contributed by atoms with Gasteiger partial charge in [-0.25, -0.2) is 8.42 Å². The van der Waals surface area contributed by atoms with Crippen LogP contribution in [0, 0.1) is 0 Å². The molecule has 0 unspecified atom stereocenters. The van der Waals surface area contributed by atoms with Crippen LogP contribution in [-0.2, 0) is 14.8 Å². The number of amides is 1. The van der Waals surface area contributed by atoms with Crippen LogP contribution in [0.4, 0.5) is 5.69 Å². The minimum absolute atomic E-state index is 0.0135. The summed E-state index contributed by atoms with van der Waals surface area (Å²) in [7, 11) is -2.57. The molecular formula is C20H23ClN2O4S. The van der Waals surface area contributed by atoms with Gasteiger partial charge in [0.1, 0.15) is 12.3 Å². The number of ether oxygens (including phenoxy) is 1. The fourth-order valence-electron chi connectivity index (χ4n) is 3.36. The highest BCUT2D eigenvalue weighted by atomic mass is 35.5. The number of halogens is 1. The zero-order chi connectivity index (χ0) is 20.1. The van der Waals surface area contributed by atoms with Crippen molar-refractivity contribution in [3.63, 3.8) is 0 Å². The summed E-state index contributed by atoms with van der Waals surface area (Å²) in [6, 6.07) is 12.8. The molecule has 3 rings (SSSR count). The lowest BCUT2D eigenvalue weighted by Crippen LogP contribution is -2.43. The number of carbonyl (C=O) groups excluding carboxylic acids is 1. The van der Waals surface area contributed by atoms with Gasteiger partial charge in [0, 0.05) is 11.1 Å². The van der Waals surface area contributed by atoms with E-state index in [1.165, 1.54) is 19.2 Å². The molecule has 0 atom stereocenters. The third-order valence-electron chi connectivity index (χ3n) is 4.75. The molecule has 1 fully saturated rings. The Kier molecular flexibility index (Phi) is 6.46. The van der Waals surface area contributed by atoms with Crippen LogP contribution in [0.2, 0.25) is 5.02 Å². The zero-order valence-electron chi connectivity index (χ0n) is 15.6. The fourth-order valence-corrected chi connectivity index (χ4v) is 5.10. The summed E-state index contributed by atoms with van der Waals surface area (Å²) >= 11 is 5.99. The minimum Gasteiger partial charge on any atom is -0.495 e. The fraction of sp³-hybridized carbons (Fsp3) is 0.350. The number of anilines is 1. The maximum atomic E-state index is 13.4. The summed E-state index contributed by atoms with van der Waals surface area (Å²) in [6.07, 6.45) is 3.98. The molecule has 0 spiro atoms. The zero-order valence-corrected chi connectivity index (χ0v) is 17.2. The maximum absolute atomic E-state index is 13.4. The van der Waals surface area contributed by atoms with Gasteiger partial charge in [0.25, 0.3) is 10.0 Å². The number of rotatable bonds is 7. The van der Waals surface area contributed by atoms with E-state index in [-0.39, 0.29) is 23.4 Å². The smallest absolute Gasteiger partial charge is 0.264 e. The Morgan fingerprint density at radius 2 is 1.89 bits per heavy atom. The molecule has 28 heavy (non-hydrogen) atoms. The number of carbonyl (C=O) groups is 1. The molecule has 0 saturated heterocycles. The van der Waals surface area contributed by atoms with Crippen molar-refractivity contribution in [3.05, 3.63) is 53.6 Å². The van der Waals surface area contributed by atoms with E-state index in [9.17, 15) is 13.2 Å². The quantitative estimate of drug-likeness (QED) is 0.739. The van der Waals surface area contributed by atoms with E-state index in [1.807, 2.05) is 0 Å². The average molecular weight is 423 g/mol. The molecule has 0 heterocycles. The Morgan fingerprint density at radius 1 is 1.18 bits per heavy atom. The summed E-state index contributed by atoms with van der Waals surface area (Å²) in [4.78, 5) is 12.7. The predicted molar refractivity (Wildman–Crippen MR) is 109 cm³/mol. The largest absolute Gasteiger partial charge is 0.495 e. The number of nitrogens with one attached hydrogen (secondary N) is 1. The van der Waals surface area contributed by atoms with Crippen LogP contribution in [0.15, 0.2) is 53.4 Å². The van der Waals surface area contributed by atoms with Gasteiger partial charge in [-0.05, 0) is 43.2 Å². The highest BCUT2D eigenvalue weighted by molar-refractivity contribution is 7.92. The summed E-state index contributed by atoms with van der Waals surface area (Å²) in [6.45, 7) is -0.342. The Hall–Kier alpha value is -2.25. The number of hydrogen-bond donors (Lipinski definition) is 1. The lowest BCUT2D eigenvalue weighted by atomic mass is 10.2. The van der Waals surface area contributed by atoms with Crippen LogP contribution in [-0.4, -0.2) is 34.0 Å². The second-order valence-corrected chi connectivity index (χ2v) is 8.99. The monoisotopic (exact) mass is 422 g/mol. The second kappa shape index (κ2) is 8.84. The molecule has 1 aliphatic carbocycles. The minimum atomic E-state index is -4.03. The van der Waals surface area contributed by atoms with E-state index < -0.39 is 10.0 Å². The Bertz CT molecular complexity index is 943. The van der Waals surface area contributed by atoms with Crippen molar-refractivity contribution in [2.45, 2.75) is 36.6 Å². The number of para-hydroxylation sites is 2. The van der Waals surface area contributed by atoms with E-state index in [1.54, 1.807) is 36.4 Å². The van der Waals surface area contributed by atoms with Gasteiger partial charge >= 0.3 is 0 Å². The van der Waals surface area contributed by atoms with Crippen LogP contribution in [0.25, 0.3) is 0 Å². The SMILES string of the molecule is COc1ccccc1N(CC(=O)NC1CCCC1)S(=O)(=O)c1cccc(Cl)c1. The molecule has 0 aromatic heterocycles. The summed E-state index contributed by atoms with van der Waals surface area (Å²) in [5, 5.41) is 3.24. The van der Waals surface area contributed by atoms with Gasteiger partial charge < -0.3 is 10.1 Å². The van der Waals surface area contributed by atoms with Crippen LogP contribution in [0.1, 0.15) is 25.7 Å². The summed E-state index contributed by atoms with van der Waals surface area (Å²) in [5.74, 6) is 0.0187. The first-order valence-electron chi connectivity index (χ1n) is 9.12. The summed E-state index contributed by atoms with van der Waals surface area (Å²) < 4.78 is 33.1. The number of hydrogen-bond acceptors (Lipinski definition) is 4. The molecule has 1 amide bonds.